The van der Waals surface area contributed by atoms with E-state index in [0.29, 0.717) is 0 Å². The molecule has 22 heavy (non-hydrogen) atoms. The lowest BCUT2D eigenvalue weighted by molar-refractivity contribution is -0.385. The lowest BCUT2D eigenvalue weighted by Gasteiger charge is -2.23. The maximum atomic E-state index is 10.7. The molecule has 1 aliphatic heterocycles. The summed E-state index contributed by atoms with van der Waals surface area (Å²) in [5, 5.41) is 10.7. The van der Waals surface area contributed by atoms with Crippen LogP contribution in [0.25, 0.3) is 6.08 Å². The predicted molar refractivity (Wildman–Crippen MR) is 86.7 cm³/mol. The Morgan fingerprint density at radius 2 is 2.05 bits per heavy atom. The second-order valence-corrected chi connectivity index (χ2v) is 5.30. The van der Waals surface area contributed by atoms with Crippen molar-refractivity contribution in [2.75, 3.05) is 11.4 Å². The van der Waals surface area contributed by atoms with Gasteiger partial charge in [0.2, 0.25) is 0 Å². The normalized spacial score (nSPS) is 18.0. The first-order valence-corrected chi connectivity index (χ1v) is 7.34. The third-order valence-electron chi connectivity index (χ3n) is 3.85. The van der Waals surface area contributed by atoms with E-state index in [1.807, 2.05) is 18.2 Å². The number of anilines is 1. The fourth-order valence-electron chi connectivity index (χ4n) is 2.72. The summed E-state index contributed by atoms with van der Waals surface area (Å²) < 4.78 is 0. The number of nitro groups is 1. The lowest BCUT2D eigenvalue weighted by atomic mass is 10.1. The van der Waals surface area contributed by atoms with Crippen molar-refractivity contribution < 1.29 is 4.92 Å². The highest BCUT2D eigenvalue weighted by Crippen LogP contribution is 2.26. The Hall–Kier alpha value is -2.69. The van der Waals surface area contributed by atoms with E-state index < -0.39 is 4.92 Å². The molecular weight excluding hydrogens is 278 g/mol. The van der Waals surface area contributed by atoms with Gasteiger partial charge in [-0.05, 0) is 24.5 Å². The average molecular weight is 295 g/mol. The number of nitrogens with zero attached hydrogens (tertiary/aromatic N) is 3. The molecule has 1 saturated heterocycles. The highest BCUT2D eigenvalue weighted by atomic mass is 16.6. The Kier molecular flexibility index (Phi) is 4.14. The first-order chi connectivity index (χ1) is 10.7. The SMILES string of the molecule is O=[N+]([O-])c1ccc(N2CCCC2/C=C/c2ccccc2)nc1. The van der Waals surface area contributed by atoms with E-state index in [9.17, 15) is 10.1 Å². The molecule has 1 unspecified atom stereocenters. The number of hydrogen-bond donors (Lipinski definition) is 0. The van der Waals surface area contributed by atoms with Gasteiger partial charge in [-0.3, -0.25) is 10.1 Å². The maximum absolute atomic E-state index is 10.7. The molecule has 3 rings (SSSR count). The van der Waals surface area contributed by atoms with Gasteiger partial charge in [-0.15, -0.1) is 0 Å². The minimum absolute atomic E-state index is 0.0272. The van der Waals surface area contributed by atoms with E-state index in [0.717, 1.165) is 25.2 Å². The summed E-state index contributed by atoms with van der Waals surface area (Å²) >= 11 is 0. The second-order valence-electron chi connectivity index (χ2n) is 5.30. The van der Waals surface area contributed by atoms with Crippen LogP contribution in [0, 0.1) is 10.1 Å². The average Bonchev–Trinajstić information content (AvgIpc) is 3.02. The van der Waals surface area contributed by atoms with Crippen molar-refractivity contribution in [3.8, 4) is 0 Å². The van der Waals surface area contributed by atoms with Gasteiger partial charge in [0, 0.05) is 18.7 Å². The molecule has 5 nitrogen and oxygen atoms in total. The van der Waals surface area contributed by atoms with Crippen LogP contribution < -0.4 is 4.90 Å². The van der Waals surface area contributed by atoms with E-state index in [1.54, 1.807) is 6.07 Å². The monoisotopic (exact) mass is 295 g/mol. The standard InChI is InChI=1S/C17H17N3O2/c21-20(22)16-10-11-17(18-13-16)19-12-4-7-15(19)9-8-14-5-2-1-3-6-14/h1-3,5-6,8-11,13,15H,4,7,12H2/b9-8+. The van der Waals surface area contributed by atoms with Crippen molar-refractivity contribution >= 4 is 17.6 Å². The highest BCUT2D eigenvalue weighted by Gasteiger charge is 2.23. The number of rotatable bonds is 4. The van der Waals surface area contributed by atoms with Crippen molar-refractivity contribution in [2.45, 2.75) is 18.9 Å². The van der Waals surface area contributed by atoms with Crippen molar-refractivity contribution in [3.05, 3.63) is 70.4 Å². The molecule has 1 aromatic heterocycles. The summed E-state index contributed by atoms with van der Waals surface area (Å²) in [5.41, 5.74) is 1.20. The van der Waals surface area contributed by atoms with E-state index in [2.05, 4.69) is 34.2 Å². The Morgan fingerprint density at radius 3 is 2.73 bits per heavy atom. The predicted octanol–water partition coefficient (Wildman–Crippen LogP) is 3.67. The van der Waals surface area contributed by atoms with Crippen LogP contribution in [0.5, 0.6) is 0 Å². The zero-order valence-electron chi connectivity index (χ0n) is 12.1. The van der Waals surface area contributed by atoms with E-state index in [1.165, 1.54) is 17.8 Å². The van der Waals surface area contributed by atoms with Crippen LogP contribution in [-0.2, 0) is 0 Å². The molecule has 1 fully saturated rings. The number of aromatic nitrogens is 1. The number of benzene rings is 1. The molecule has 1 aliphatic rings. The molecule has 0 radical (unpaired) electrons. The zero-order chi connectivity index (χ0) is 15.4. The summed E-state index contributed by atoms with van der Waals surface area (Å²) in [5.74, 6) is 0.797. The minimum Gasteiger partial charge on any atom is -0.350 e. The number of pyridine rings is 1. The van der Waals surface area contributed by atoms with Gasteiger partial charge in [-0.1, -0.05) is 42.5 Å². The third-order valence-corrected chi connectivity index (χ3v) is 3.85. The van der Waals surface area contributed by atoms with Crippen molar-refractivity contribution in [1.29, 1.82) is 0 Å². The van der Waals surface area contributed by atoms with Crippen LogP contribution in [0.15, 0.2) is 54.7 Å². The summed E-state index contributed by atoms with van der Waals surface area (Å²) in [6.45, 7) is 0.925. The van der Waals surface area contributed by atoms with Gasteiger partial charge in [0.05, 0.1) is 4.92 Å². The Bertz CT molecular complexity index is 668. The fraction of sp³-hybridized carbons (Fsp3) is 0.235. The van der Waals surface area contributed by atoms with Gasteiger partial charge in [-0.25, -0.2) is 4.98 Å². The van der Waals surface area contributed by atoms with Crippen molar-refractivity contribution in [1.82, 2.24) is 4.98 Å². The van der Waals surface area contributed by atoms with Crippen LogP contribution >= 0.6 is 0 Å². The lowest BCUT2D eigenvalue weighted by Crippen LogP contribution is -2.28. The molecule has 2 heterocycles. The summed E-state index contributed by atoms with van der Waals surface area (Å²) in [6, 6.07) is 13.7. The highest BCUT2D eigenvalue weighted by molar-refractivity contribution is 5.53. The van der Waals surface area contributed by atoms with Crippen LogP contribution in [0.3, 0.4) is 0 Å². The minimum atomic E-state index is -0.423. The molecule has 0 amide bonds. The van der Waals surface area contributed by atoms with Gasteiger partial charge in [0.25, 0.3) is 5.69 Å². The molecule has 112 valence electrons. The van der Waals surface area contributed by atoms with E-state index in [4.69, 9.17) is 0 Å². The quantitative estimate of drug-likeness (QED) is 0.638. The van der Waals surface area contributed by atoms with Gasteiger partial charge in [0.1, 0.15) is 12.0 Å². The molecule has 5 heteroatoms. The first-order valence-electron chi connectivity index (χ1n) is 7.34. The topological polar surface area (TPSA) is 59.3 Å². The first kappa shape index (κ1) is 14.3. The molecular formula is C17H17N3O2. The largest absolute Gasteiger partial charge is 0.350 e. The Morgan fingerprint density at radius 1 is 1.23 bits per heavy atom. The van der Waals surface area contributed by atoms with Gasteiger partial charge in [-0.2, -0.15) is 0 Å². The molecule has 1 aromatic carbocycles. The van der Waals surface area contributed by atoms with Crippen LogP contribution in [0.4, 0.5) is 11.5 Å². The van der Waals surface area contributed by atoms with Gasteiger partial charge in [0.15, 0.2) is 0 Å². The molecule has 2 aromatic rings. The molecule has 1 atom stereocenters. The maximum Gasteiger partial charge on any atom is 0.287 e. The van der Waals surface area contributed by atoms with Crippen molar-refractivity contribution in [3.63, 3.8) is 0 Å². The van der Waals surface area contributed by atoms with E-state index in [-0.39, 0.29) is 11.7 Å². The van der Waals surface area contributed by atoms with Gasteiger partial charge < -0.3 is 4.90 Å². The fourth-order valence-corrected chi connectivity index (χ4v) is 2.72. The zero-order valence-corrected chi connectivity index (χ0v) is 12.1. The molecule has 0 bridgehead atoms. The van der Waals surface area contributed by atoms with Crippen LogP contribution in [0.1, 0.15) is 18.4 Å². The summed E-state index contributed by atoms with van der Waals surface area (Å²) in [4.78, 5) is 16.7. The smallest absolute Gasteiger partial charge is 0.287 e. The van der Waals surface area contributed by atoms with Crippen LogP contribution in [0.2, 0.25) is 0 Å². The van der Waals surface area contributed by atoms with E-state index >= 15 is 0 Å². The molecule has 0 N–H and O–H groups in total. The molecule has 0 spiro atoms. The molecule has 0 saturated carbocycles. The van der Waals surface area contributed by atoms with Crippen molar-refractivity contribution in [2.24, 2.45) is 0 Å². The summed E-state index contributed by atoms with van der Waals surface area (Å²) in [6.07, 6.45) is 7.80. The van der Waals surface area contributed by atoms with Crippen LogP contribution in [-0.4, -0.2) is 22.5 Å². The van der Waals surface area contributed by atoms with Gasteiger partial charge >= 0.3 is 0 Å². The molecule has 0 aliphatic carbocycles. The second kappa shape index (κ2) is 6.39. The Balaban J connectivity index is 1.75. The Labute approximate surface area is 129 Å². The number of hydrogen-bond acceptors (Lipinski definition) is 4. The summed E-state index contributed by atoms with van der Waals surface area (Å²) in [7, 11) is 0. The third kappa shape index (κ3) is 3.14.